The first-order valence-electron chi connectivity index (χ1n) is 18.6. The van der Waals surface area contributed by atoms with Gasteiger partial charge >= 0.3 is 6.09 Å². The lowest BCUT2D eigenvalue weighted by Crippen LogP contribution is -2.52. The highest BCUT2D eigenvalue weighted by atomic mass is 19.1. The summed E-state index contributed by atoms with van der Waals surface area (Å²) in [5.41, 5.74) is 3.68. The minimum absolute atomic E-state index is 0.0184. The zero-order chi connectivity index (χ0) is 35.9. The average Bonchev–Trinajstić information content (AvgIpc) is 3.62. The molecule has 8 rings (SSSR count). The smallest absolute Gasteiger partial charge is 0.410 e. The topological polar surface area (TPSA) is 89.8 Å². The molecule has 1 aliphatic heterocycles. The number of methoxy groups -OCH3 is 1. The molecular formula is C41H50FN5O4. The number of carbonyl (C=O) groups excluding carboxylic acids is 2. The summed E-state index contributed by atoms with van der Waals surface area (Å²) in [6.07, 6.45) is 18.4. The summed E-state index contributed by atoms with van der Waals surface area (Å²) in [6.45, 7) is 7.78. The van der Waals surface area contributed by atoms with E-state index in [0.29, 0.717) is 62.3 Å². The monoisotopic (exact) mass is 695 g/mol. The lowest BCUT2D eigenvalue weighted by Gasteiger charge is -2.55. The number of amides is 2. The molecule has 10 heteroatoms. The van der Waals surface area contributed by atoms with E-state index in [0.717, 1.165) is 49.8 Å². The molecule has 2 amide bonds. The van der Waals surface area contributed by atoms with E-state index in [1.54, 1.807) is 29.0 Å². The second-order valence-electron chi connectivity index (χ2n) is 15.8. The zero-order valence-corrected chi connectivity index (χ0v) is 30.4. The number of anilines is 1. The van der Waals surface area contributed by atoms with Crippen molar-refractivity contribution in [3.05, 3.63) is 59.8 Å². The van der Waals surface area contributed by atoms with Gasteiger partial charge in [0.1, 0.15) is 23.5 Å². The second-order valence-corrected chi connectivity index (χ2v) is 15.8. The number of ether oxygens (including phenoxy) is 2. The van der Waals surface area contributed by atoms with Crippen molar-refractivity contribution in [2.45, 2.75) is 103 Å². The van der Waals surface area contributed by atoms with Gasteiger partial charge in [-0.1, -0.05) is 18.1 Å². The number of terminal acetylenes is 1. The molecule has 5 fully saturated rings. The van der Waals surface area contributed by atoms with Crippen molar-refractivity contribution in [1.29, 1.82) is 0 Å². The van der Waals surface area contributed by atoms with E-state index in [4.69, 9.17) is 15.9 Å². The Morgan fingerprint density at radius 3 is 2.37 bits per heavy atom. The molecule has 0 N–H and O–H groups in total. The van der Waals surface area contributed by atoms with Gasteiger partial charge in [0.25, 0.3) is 0 Å². The summed E-state index contributed by atoms with van der Waals surface area (Å²) in [4.78, 5) is 35.3. The fourth-order valence-corrected chi connectivity index (χ4v) is 8.90. The number of carbonyl (C=O) groups is 2. The molecule has 0 radical (unpaired) electrons. The van der Waals surface area contributed by atoms with Crippen molar-refractivity contribution in [1.82, 2.24) is 19.7 Å². The maximum atomic E-state index is 15.4. The molecule has 0 spiro atoms. The molecule has 4 saturated carbocycles. The normalized spacial score (nSPS) is 26.0. The molecule has 4 aliphatic carbocycles. The van der Waals surface area contributed by atoms with Crippen LogP contribution < -0.4 is 9.64 Å². The molecule has 2 bridgehead atoms. The second kappa shape index (κ2) is 14.0. The Morgan fingerprint density at radius 1 is 1.06 bits per heavy atom. The van der Waals surface area contributed by atoms with E-state index in [1.165, 1.54) is 11.8 Å². The van der Waals surface area contributed by atoms with Gasteiger partial charge in [0.15, 0.2) is 0 Å². The van der Waals surface area contributed by atoms with Crippen molar-refractivity contribution in [3.8, 4) is 29.2 Å². The zero-order valence-electron chi connectivity index (χ0n) is 30.4. The van der Waals surface area contributed by atoms with Crippen molar-refractivity contribution in [2.75, 3.05) is 31.6 Å². The Balaban J connectivity index is 1.11. The first-order chi connectivity index (χ1) is 24.5. The molecule has 2 aromatic heterocycles. The summed E-state index contributed by atoms with van der Waals surface area (Å²) < 4.78 is 28.5. The molecule has 0 unspecified atom stereocenters. The van der Waals surface area contributed by atoms with Crippen molar-refractivity contribution < 1.29 is 23.5 Å². The van der Waals surface area contributed by atoms with E-state index < -0.39 is 5.82 Å². The number of rotatable bonds is 9. The fourth-order valence-electron chi connectivity index (χ4n) is 8.90. The number of hydrogen-bond acceptors (Lipinski definition) is 6. The number of aryl methyl sites for hydroxylation is 1. The van der Waals surface area contributed by atoms with Gasteiger partial charge in [-0.05, 0) is 119 Å². The SMILES string of the molecule is C#CC1CN(C(=O)OC2CCC(C(=O)N(CC34CCC(c5ccc(OC)c(C)c5)(CC3)CC4)c3cc(-c4cnn(C(C)C)c4)c(F)cn3)CC2)C1. The number of aromatic nitrogens is 3. The van der Waals surface area contributed by atoms with Crippen LogP contribution in [0.15, 0.2) is 42.9 Å². The number of halogens is 1. The average molecular weight is 696 g/mol. The van der Waals surface area contributed by atoms with Gasteiger partial charge < -0.3 is 14.4 Å². The Hall–Kier alpha value is -4.39. The van der Waals surface area contributed by atoms with Gasteiger partial charge in [0.2, 0.25) is 5.91 Å². The predicted molar refractivity (Wildman–Crippen MR) is 194 cm³/mol. The Kier molecular flexibility index (Phi) is 9.59. The highest BCUT2D eigenvalue weighted by Crippen LogP contribution is 2.58. The number of hydrogen-bond donors (Lipinski definition) is 0. The van der Waals surface area contributed by atoms with E-state index in [9.17, 15) is 9.59 Å². The molecule has 270 valence electrons. The molecule has 3 aromatic rings. The quantitative estimate of drug-likeness (QED) is 0.212. The van der Waals surface area contributed by atoms with Crippen LogP contribution in [0.25, 0.3) is 11.1 Å². The third-order valence-electron chi connectivity index (χ3n) is 12.4. The van der Waals surface area contributed by atoms with E-state index in [1.807, 2.05) is 24.9 Å². The van der Waals surface area contributed by atoms with Crippen LogP contribution in [0.2, 0.25) is 0 Å². The summed E-state index contributed by atoms with van der Waals surface area (Å²) in [5.74, 6) is 3.50. The van der Waals surface area contributed by atoms with Crippen LogP contribution in [-0.4, -0.2) is 64.5 Å². The standard InChI is InChI=1S/C41H50FN5O4/c1-6-29-23-45(24-29)39(49)51-33-10-7-30(8-11-33)38(48)46(37-20-34(35(42)22-43-37)31-21-44-47(25-31)27(2)3)26-40-13-16-41(17-14-40,18-15-40)32-9-12-36(50-5)28(4)19-32/h1,9,12,19-22,25,27,29-30,33H,7-8,10-11,13-18,23-24,26H2,2-5H3. The van der Waals surface area contributed by atoms with Crippen LogP contribution in [0.4, 0.5) is 15.0 Å². The van der Waals surface area contributed by atoms with E-state index in [-0.39, 0.29) is 46.8 Å². The summed E-state index contributed by atoms with van der Waals surface area (Å²) in [5, 5.41) is 4.44. The van der Waals surface area contributed by atoms with Crippen molar-refractivity contribution in [2.24, 2.45) is 17.3 Å². The summed E-state index contributed by atoms with van der Waals surface area (Å²) in [6, 6.07) is 8.48. The summed E-state index contributed by atoms with van der Waals surface area (Å²) >= 11 is 0. The van der Waals surface area contributed by atoms with Crippen molar-refractivity contribution in [3.63, 3.8) is 0 Å². The van der Waals surface area contributed by atoms with Crippen LogP contribution in [0.5, 0.6) is 5.75 Å². The minimum Gasteiger partial charge on any atom is -0.496 e. The molecule has 5 aliphatic rings. The number of fused-ring (bicyclic) bond motifs is 3. The van der Waals surface area contributed by atoms with Crippen LogP contribution in [-0.2, 0) is 14.9 Å². The molecular weight excluding hydrogens is 645 g/mol. The maximum absolute atomic E-state index is 15.4. The molecule has 9 nitrogen and oxygen atoms in total. The minimum atomic E-state index is -0.444. The van der Waals surface area contributed by atoms with Crippen LogP contribution in [0.1, 0.15) is 95.2 Å². The fraction of sp³-hybridized carbons (Fsp3) is 0.561. The Bertz CT molecular complexity index is 1790. The third kappa shape index (κ3) is 6.84. The van der Waals surface area contributed by atoms with Gasteiger partial charge in [-0.25, -0.2) is 14.2 Å². The summed E-state index contributed by atoms with van der Waals surface area (Å²) in [7, 11) is 1.71. The lowest BCUT2D eigenvalue weighted by molar-refractivity contribution is -0.124. The first-order valence-corrected chi connectivity index (χ1v) is 18.6. The van der Waals surface area contributed by atoms with Gasteiger partial charge in [0, 0.05) is 48.9 Å². The first kappa shape index (κ1) is 35.0. The Morgan fingerprint density at radius 2 is 1.76 bits per heavy atom. The number of nitrogens with zero attached hydrogens (tertiary/aromatic N) is 5. The number of benzene rings is 1. The van der Waals surface area contributed by atoms with Crippen molar-refractivity contribution >= 4 is 17.8 Å². The molecule has 1 aromatic carbocycles. The van der Waals surface area contributed by atoms with Gasteiger partial charge in [-0.2, -0.15) is 5.10 Å². The van der Waals surface area contributed by atoms with E-state index >= 15 is 4.39 Å². The third-order valence-corrected chi connectivity index (χ3v) is 12.4. The predicted octanol–water partition coefficient (Wildman–Crippen LogP) is 7.87. The molecule has 3 heterocycles. The van der Waals surface area contributed by atoms with Crippen LogP contribution in [0, 0.1) is 42.3 Å². The van der Waals surface area contributed by atoms with Gasteiger partial charge in [-0.15, -0.1) is 6.42 Å². The molecule has 0 atom stereocenters. The van der Waals surface area contributed by atoms with Gasteiger partial charge in [-0.3, -0.25) is 14.4 Å². The molecule has 51 heavy (non-hydrogen) atoms. The van der Waals surface area contributed by atoms with Gasteiger partial charge in [0.05, 0.1) is 25.4 Å². The number of likely N-dealkylation sites (tertiary alicyclic amines) is 1. The highest BCUT2D eigenvalue weighted by molar-refractivity contribution is 5.95. The molecule has 1 saturated heterocycles. The largest absolute Gasteiger partial charge is 0.496 e. The highest BCUT2D eigenvalue weighted by Gasteiger charge is 2.51. The lowest BCUT2D eigenvalue weighted by atomic mass is 9.51. The number of pyridine rings is 1. The van der Waals surface area contributed by atoms with Crippen LogP contribution >= 0.6 is 0 Å². The van der Waals surface area contributed by atoms with E-state index in [2.05, 4.69) is 41.1 Å². The van der Waals surface area contributed by atoms with Crippen LogP contribution in [0.3, 0.4) is 0 Å². The Labute approximate surface area is 300 Å². The maximum Gasteiger partial charge on any atom is 0.410 e.